The van der Waals surface area contributed by atoms with E-state index in [1.165, 1.54) is 247 Å². The van der Waals surface area contributed by atoms with E-state index in [2.05, 4.69) is 35.2 Å². The Labute approximate surface area is 452 Å². The predicted molar refractivity (Wildman–Crippen MR) is 314 cm³/mol. The molecular formula is C67H95F3NP3. The Morgan fingerprint density at radius 1 is 0.351 bits per heavy atom. The molecule has 12 rings (SSSR count). The second-order valence-corrected chi connectivity index (χ2v) is 34.4. The van der Waals surface area contributed by atoms with Gasteiger partial charge in [-0.3, -0.25) is 0 Å². The average Bonchev–Trinajstić information content (AvgIpc) is 3.46. The van der Waals surface area contributed by atoms with Crippen molar-refractivity contribution in [2.75, 3.05) is 0 Å². The van der Waals surface area contributed by atoms with Gasteiger partial charge in [0.25, 0.3) is 6.04 Å². The van der Waals surface area contributed by atoms with Crippen LogP contribution >= 0.6 is 23.8 Å². The first-order chi connectivity index (χ1) is 36.4. The zero-order valence-electron chi connectivity index (χ0n) is 45.8. The smallest absolute Gasteiger partial charge is 0.255 e. The van der Waals surface area contributed by atoms with Crippen molar-refractivity contribution < 1.29 is 13.2 Å². The van der Waals surface area contributed by atoms with Crippen molar-refractivity contribution in [3.05, 3.63) is 117 Å². The lowest BCUT2D eigenvalue weighted by Gasteiger charge is -2.44. The number of nitrogens with zero attached hydrogens (tertiary/aromatic N) is 1. The number of hydrogen-bond acceptors (Lipinski definition) is 0. The van der Waals surface area contributed by atoms with E-state index in [1.807, 2.05) is 6.07 Å². The Morgan fingerprint density at radius 2 is 0.743 bits per heavy atom. The number of hydrogen-bond donors (Lipinski definition) is 0. The van der Waals surface area contributed by atoms with Crippen LogP contribution in [-0.2, 0) is 32.1 Å². The summed E-state index contributed by atoms with van der Waals surface area (Å²) in [5.74, 6) is -1.25. The fourth-order valence-electron chi connectivity index (χ4n) is 17.1. The number of halogens is 3. The number of rotatable bonds is 9. The standard InChI is InChI=1S/C23H32NP.C22H31F2P.C22H32FP/c1-24-23-21-15-9-8-10-18(21)16-17-22(23)25(19-11-4-2-5-12-19)20-13-6-3-7-14-20;23-21-14-16-11-12-20(13-17(16)15-22(21)24)25(18-7-3-1-4-8-18)19-9-5-2-6-10-19;23-22-13-7-8-17-14-15-20(16-21(17)22)24(18-9-3-1-4-10-18)19-11-5-2-6-12-19/h8-10,15,19-20,22-23H,2-7,11-14,16-17H2;14-15,18-20H,1-13H2;7-8,13,18-20H,1-6,9-12,14-16H2. The van der Waals surface area contributed by atoms with Gasteiger partial charge in [-0.2, -0.15) is 0 Å². The minimum atomic E-state index is -0.668. The van der Waals surface area contributed by atoms with E-state index in [9.17, 15) is 13.2 Å². The van der Waals surface area contributed by atoms with Gasteiger partial charge in [-0.15, -0.1) is 0 Å². The molecule has 6 fully saturated rings. The van der Waals surface area contributed by atoms with Crippen LogP contribution in [-0.4, -0.2) is 50.9 Å². The maximum absolute atomic E-state index is 14.4. The average molecular weight is 1060 g/mol. The lowest BCUT2D eigenvalue weighted by Crippen LogP contribution is -2.32. The lowest BCUT2D eigenvalue weighted by molar-refractivity contribution is 0.474. The van der Waals surface area contributed by atoms with Crippen molar-refractivity contribution in [3.63, 3.8) is 0 Å². The molecule has 0 aromatic heterocycles. The molecule has 0 heterocycles. The molecule has 9 aliphatic carbocycles. The van der Waals surface area contributed by atoms with Gasteiger partial charge in [-0.1, -0.05) is 176 Å². The summed E-state index contributed by atoms with van der Waals surface area (Å²) in [6, 6.07) is 17.7. The molecule has 0 N–H and O–H groups in total. The summed E-state index contributed by atoms with van der Waals surface area (Å²) in [7, 11) is 0.110. The maximum Gasteiger partial charge on any atom is 0.255 e. The first-order valence-electron chi connectivity index (χ1n) is 31.4. The van der Waals surface area contributed by atoms with Gasteiger partial charge >= 0.3 is 0 Å². The molecule has 0 amide bonds. The van der Waals surface area contributed by atoms with E-state index in [1.54, 1.807) is 6.07 Å². The van der Waals surface area contributed by atoms with Crippen LogP contribution in [0.1, 0.15) is 251 Å². The van der Waals surface area contributed by atoms with Gasteiger partial charge < -0.3 is 4.85 Å². The maximum atomic E-state index is 14.4. The molecule has 404 valence electrons. The van der Waals surface area contributed by atoms with E-state index >= 15 is 0 Å². The normalized spacial score (nSPS) is 27.0. The van der Waals surface area contributed by atoms with Crippen molar-refractivity contribution in [2.24, 2.45) is 0 Å². The Morgan fingerprint density at radius 3 is 1.22 bits per heavy atom. The molecule has 6 saturated carbocycles. The van der Waals surface area contributed by atoms with Gasteiger partial charge in [0.2, 0.25) is 0 Å². The van der Waals surface area contributed by atoms with Crippen LogP contribution in [0.2, 0.25) is 0 Å². The molecular weight excluding hydrogens is 969 g/mol. The van der Waals surface area contributed by atoms with E-state index in [-0.39, 0.29) is 35.6 Å². The van der Waals surface area contributed by atoms with Crippen molar-refractivity contribution >= 4 is 23.8 Å². The van der Waals surface area contributed by atoms with Crippen molar-refractivity contribution in [3.8, 4) is 0 Å². The van der Waals surface area contributed by atoms with Crippen LogP contribution in [0, 0.1) is 24.0 Å². The largest absolute Gasteiger partial charge is 0.308 e. The van der Waals surface area contributed by atoms with Crippen molar-refractivity contribution in [1.29, 1.82) is 0 Å². The lowest BCUT2D eigenvalue weighted by atomic mass is 9.88. The highest BCUT2D eigenvalue weighted by Crippen LogP contribution is 2.65. The quantitative estimate of drug-likeness (QED) is 0.149. The van der Waals surface area contributed by atoms with E-state index in [4.69, 9.17) is 6.57 Å². The highest BCUT2D eigenvalue weighted by Gasteiger charge is 2.46. The Balaban J connectivity index is 0.000000127. The molecule has 3 aromatic carbocycles. The van der Waals surface area contributed by atoms with Crippen LogP contribution in [0.5, 0.6) is 0 Å². The van der Waals surface area contributed by atoms with Gasteiger partial charge in [-0.25, -0.2) is 19.7 Å². The Hall–Kier alpha value is -1.77. The first-order valence-corrected chi connectivity index (χ1v) is 36.1. The third-order valence-corrected chi connectivity index (χ3v) is 32.7. The van der Waals surface area contributed by atoms with Crippen LogP contribution in [0.4, 0.5) is 13.2 Å². The van der Waals surface area contributed by atoms with Gasteiger partial charge in [0.15, 0.2) is 11.6 Å². The predicted octanol–water partition coefficient (Wildman–Crippen LogP) is 20.9. The van der Waals surface area contributed by atoms with E-state index in [0.717, 1.165) is 87.6 Å². The third-order valence-electron chi connectivity index (χ3n) is 20.6. The van der Waals surface area contributed by atoms with Gasteiger partial charge in [0.1, 0.15) is 5.82 Å². The number of fused-ring (bicyclic) bond motifs is 3. The molecule has 0 spiro atoms. The van der Waals surface area contributed by atoms with Crippen LogP contribution in [0.3, 0.4) is 0 Å². The zero-order chi connectivity index (χ0) is 50.6. The van der Waals surface area contributed by atoms with Gasteiger partial charge in [-0.05, 0) is 220 Å². The second kappa shape index (κ2) is 27.9. The summed E-state index contributed by atoms with van der Waals surface area (Å²) in [6.07, 6.45) is 52.5. The molecule has 0 bridgehead atoms. The molecule has 1 nitrogen and oxygen atoms in total. The molecule has 0 aliphatic heterocycles. The van der Waals surface area contributed by atoms with Gasteiger partial charge in [0, 0.05) is 5.56 Å². The summed E-state index contributed by atoms with van der Waals surface area (Å²) in [4.78, 5) is 4.25. The Kier molecular flexibility index (Phi) is 20.9. The summed E-state index contributed by atoms with van der Waals surface area (Å²) in [5, 5.41) is 0. The number of benzene rings is 3. The molecule has 74 heavy (non-hydrogen) atoms. The molecule has 0 radical (unpaired) electrons. The molecule has 4 unspecified atom stereocenters. The van der Waals surface area contributed by atoms with E-state index in [0.29, 0.717) is 5.66 Å². The van der Waals surface area contributed by atoms with Crippen LogP contribution in [0.25, 0.3) is 4.85 Å². The fraction of sp³-hybridized carbons (Fsp3) is 0.716. The molecule has 9 aliphatic rings. The summed E-state index contributed by atoms with van der Waals surface area (Å²) >= 11 is 0. The summed E-state index contributed by atoms with van der Waals surface area (Å²) < 4.78 is 41.7. The minimum absolute atomic E-state index is 0.00150. The topological polar surface area (TPSA) is 4.36 Å². The molecule has 7 heteroatoms. The molecule has 0 saturated heterocycles. The third kappa shape index (κ3) is 13.8. The highest BCUT2D eigenvalue weighted by atomic mass is 31.1. The van der Waals surface area contributed by atoms with Crippen molar-refractivity contribution in [1.82, 2.24) is 0 Å². The minimum Gasteiger partial charge on any atom is -0.308 e. The summed E-state index contributed by atoms with van der Waals surface area (Å²) in [6.45, 7) is 8.01. The van der Waals surface area contributed by atoms with Crippen LogP contribution < -0.4 is 0 Å². The van der Waals surface area contributed by atoms with E-state index < -0.39 is 11.6 Å². The number of aryl methyl sites for hydroxylation is 3. The second-order valence-electron chi connectivity index (χ2n) is 25.2. The SMILES string of the molecule is Fc1cc2c(cc1F)CC(P(C1CCCCC1)C1CCCCC1)CC2.Fc1cccc2c1CC(P(C1CCCCC1)C1CCCCC1)CC2.[C-]#[N+]C1c2ccccc2CCC1P(C1CCCCC1)C1CCCCC1. The first kappa shape index (κ1) is 55.5. The zero-order valence-corrected chi connectivity index (χ0v) is 48.4. The molecule has 4 atom stereocenters. The summed E-state index contributed by atoms with van der Waals surface area (Å²) in [5.41, 5.74) is 15.4. The molecule has 3 aromatic rings. The monoisotopic (exact) mass is 1060 g/mol. The fourth-order valence-corrected chi connectivity index (χ4v) is 30.7. The van der Waals surface area contributed by atoms with Gasteiger partial charge in [0.05, 0.1) is 5.66 Å². The van der Waals surface area contributed by atoms with Crippen molar-refractivity contribution in [2.45, 2.75) is 301 Å². The van der Waals surface area contributed by atoms with Crippen LogP contribution in [0.15, 0.2) is 54.6 Å². The highest BCUT2D eigenvalue weighted by molar-refractivity contribution is 7.60. The Bertz CT molecular complexity index is 2190.